The smallest absolute Gasteiger partial charge is 0.135 e. The first-order chi connectivity index (χ1) is 12.8. The van der Waals surface area contributed by atoms with Crippen molar-refractivity contribution in [1.82, 2.24) is 0 Å². The number of hydrogen-bond donors (Lipinski definition) is 0. The largest absolute Gasteiger partial charge is 0.456 e. The molecular formula is C24H15BrO. The molecule has 0 spiro atoms. The topological polar surface area (TPSA) is 13.1 Å². The van der Waals surface area contributed by atoms with E-state index in [9.17, 15) is 0 Å². The summed E-state index contributed by atoms with van der Waals surface area (Å²) in [6.07, 6.45) is 0. The number of halogens is 1. The van der Waals surface area contributed by atoms with Crippen LogP contribution in [0.2, 0.25) is 0 Å². The van der Waals surface area contributed by atoms with Gasteiger partial charge >= 0.3 is 0 Å². The zero-order valence-electron chi connectivity index (χ0n) is 13.9. The van der Waals surface area contributed by atoms with Crippen molar-refractivity contribution in [2.45, 2.75) is 0 Å². The van der Waals surface area contributed by atoms with Gasteiger partial charge in [-0.15, -0.1) is 0 Å². The second-order valence-corrected chi connectivity index (χ2v) is 7.32. The van der Waals surface area contributed by atoms with Gasteiger partial charge in [-0.25, -0.2) is 0 Å². The Hall–Kier alpha value is -2.84. The van der Waals surface area contributed by atoms with Crippen molar-refractivity contribution in [3.8, 4) is 22.3 Å². The molecule has 0 saturated carbocycles. The van der Waals surface area contributed by atoms with Crippen molar-refractivity contribution in [1.29, 1.82) is 0 Å². The van der Waals surface area contributed by atoms with Crippen LogP contribution in [0.15, 0.2) is 99.9 Å². The standard InChI is InChI=1S/C24H15BrO/c25-20-10-12-24-22(15-20)21-14-19(9-11-23(21)26-24)18-8-4-7-17(13-18)16-5-2-1-3-6-16/h1-15H. The molecule has 0 unspecified atom stereocenters. The highest BCUT2D eigenvalue weighted by atomic mass is 79.9. The Morgan fingerprint density at radius 2 is 1.12 bits per heavy atom. The Balaban J connectivity index is 1.67. The fourth-order valence-electron chi connectivity index (χ4n) is 3.44. The number of benzene rings is 4. The predicted octanol–water partition coefficient (Wildman–Crippen LogP) is 7.68. The summed E-state index contributed by atoms with van der Waals surface area (Å²) in [4.78, 5) is 0. The van der Waals surface area contributed by atoms with Crippen LogP contribution in [-0.4, -0.2) is 0 Å². The van der Waals surface area contributed by atoms with Gasteiger partial charge in [-0.2, -0.15) is 0 Å². The average molecular weight is 399 g/mol. The van der Waals surface area contributed by atoms with Gasteiger partial charge in [-0.3, -0.25) is 0 Å². The Bertz CT molecular complexity index is 1240. The maximum absolute atomic E-state index is 5.97. The van der Waals surface area contributed by atoms with Gasteiger partial charge in [0.1, 0.15) is 11.2 Å². The van der Waals surface area contributed by atoms with Crippen molar-refractivity contribution in [2.24, 2.45) is 0 Å². The van der Waals surface area contributed by atoms with E-state index in [0.29, 0.717) is 0 Å². The molecule has 0 aliphatic heterocycles. The molecule has 0 amide bonds. The van der Waals surface area contributed by atoms with Crippen LogP contribution < -0.4 is 0 Å². The van der Waals surface area contributed by atoms with E-state index in [2.05, 4.69) is 88.7 Å². The normalized spacial score (nSPS) is 11.3. The Morgan fingerprint density at radius 3 is 1.92 bits per heavy atom. The number of hydrogen-bond acceptors (Lipinski definition) is 1. The van der Waals surface area contributed by atoms with E-state index in [4.69, 9.17) is 4.42 Å². The molecule has 1 nitrogen and oxygen atoms in total. The van der Waals surface area contributed by atoms with Crippen molar-refractivity contribution in [3.05, 3.63) is 95.5 Å². The highest BCUT2D eigenvalue weighted by Gasteiger charge is 2.09. The summed E-state index contributed by atoms with van der Waals surface area (Å²) in [7, 11) is 0. The molecule has 0 aliphatic carbocycles. The van der Waals surface area contributed by atoms with Crippen molar-refractivity contribution in [2.75, 3.05) is 0 Å². The van der Waals surface area contributed by atoms with Crippen LogP contribution in [-0.2, 0) is 0 Å². The zero-order chi connectivity index (χ0) is 17.5. The third-order valence-corrected chi connectivity index (χ3v) is 5.23. The minimum atomic E-state index is 0.915. The first-order valence-corrected chi connectivity index (χ1v) is 9.35. The molecule has 2 heteroatoms. The molecule has 26 heavy (non-hydrogen) atoms. The number of rotatable bonds is 2. The van der Waals surface area contributed by atoms with E-state index in [0.717, 1.165) is 26.4 Å². The van der Waals surface area contributed by atoms with Gasteiger partial charge in [0.25, 0.3) is 0 Å². The summed E-state index contributed by atoms with van der Waals surface area (Å²) in [5.74, 6) is 0. The molecule has 0 atom stereocenters. The monoisotopic (exact) mass is 398 g/mol. The predicted molar refractivity (Wildman–Crippen MR) is 112 cm³/mol. The molecule has 0 radical (unpaired) electrons. The lowest BCUT2D eigenvalue weighted by atomic mass is 9.98. The van der Waals surface area contributed by atoms with E-state index >= 15 is 0 Å². The fourth-order valence-corrected chi connectivity index (χ4v) is 3.80. The summed E-state index contributed by atoms with van der Waals surface area (Å²) in [6, 6.07) is 31.7. The molecule has 0 saturated heterocycles. The summed E-state index contributed by atoms with van der Waals surface area (Å²) in [6.45, 7) is 0. The van der Waals surface area contributed by atoms with Gasteiger partial charge in [0.15, 0.2) is 0 Å². The van der Waals surface area contributed by atoms with Crippen LogP contribution in [0.25, 0.3) is 44.2 Å². The van der Waals surface area contributed by atoms with Gasteiger partial charge in [-0.05, 0) is 58.7 Å². The second-order valence-electron chi connectivity index (χ2n) is 6.40. The van der Waals surface area contributed by atoms with Gasteiger partial charge < -0.3 is 4.42 Å². The van der Waals surface area contributed by atoms with Gasteiger partial charge in [0.2, 0.25) is 0 Å². The fraction of sp³-hybridized carbons (Fsp3) is 0. The Labute approximate surface area is 160 Å². The number of furan rings is 1. The second kappa shape index (κ2) is 6.15. The summed E-state index contributed by atoms with van der Waals surface area (Å²) in [5, 5.41) is 2.28. The van der Waals surface area contributed by atoms with Gasteiger partial charge in [0.05, 0.1) is 0 Å². The van der Waals surface area contributed by atoms with Crippen LogP contribution in [0.5, 0.6) is 0 Å². The van der Waals surface area contributed by atoms with Crippen LogP contribution in [0.3, 0.4) is 0 Å². The lowest BCUT2D eigenvalue weighted by Crippen LogP contribution is -1.81. The van der Waals surface area contributed by atoms with Crippen molar-refractivity contribution >= 4 is 37.9 Å². The van der Waals surface area contributed by atoms with Crippen molar-refractivity contribution < 1.29 is 4.42 Å². The average Bonchev–Trinajstić information content (AvgIpc) is 3.06. The van der Waals surface area contributed by atoms with Crippen LogP contribution in [0.4, 0.5) is 0 Å². The number of fused-ring (bicyclic) bond motifs is 3. The quantitative estimate of drug-likeness (QED) is 0.297. The highest BCUT2D eigenvalue weighted by molar-refractivity contribution is 9.10. The minimum Gasteiger partial charge on any atom is -0.456 e. The molecule has 5 rings (SSSR count). The van der Waals surface area contributed by atoms with E-state index in [-0.39, 0.29) is 0 Å². The molecular weight excluding hydrogens is 384 g/mol. The molecule has 0 N–H and O–H groups in total. The van der Waals surface area contributed by atoms with E-state index in [1.54, 1.807) is 0 Å². The van der Waals surface area contributed by atoms with E-state index in [1.165, 1.54) is 22.3 Å². The highest BCUT2D eigenvalue weighted by Crippen LogP contribution is 2.34. The Morgan fingerprint density at radius 1 is 0.500 bits per heavy atom. The SMILES string of the molecule is Brc1ccc2oc3ccc(-c4cccc(-c5ccccc5)c4)cc3c2c1. The molecule has 0 fully saturated rings. The van der Waals surface area contributed by atoms with Crippen LogP contribution >= 0.6 is 15.9 Å². The molecule has 4 aromatic carbocycles. The van der Waals surface area contributed by atoms with E-state index < -0.39 is 0 Å². The molecule has 0 aliphatic rings. The van der Waals surface area contributed by atoms with E-state index in [1.807, 2.05) is 18.2 Å². The summed E-state index contributed by atoms with van der Waals surface area (Å²) in [5.41, 5.74) is 6.69. The molecule has 1 heterocycles. The molecule has 1 aromatic heterocycles. The van der Waals surface area contributed by atoms with Gasteiger partial charge in [0, 0.05) is 15.2 Å². The summed E-state index contributed by atoms with van der Waals surface area (Å²) >= 11 is 3.56. The molecule has 0 bridgehead atoms. The lowest BCUT2D eigenvalue weighted by Gasteiger charge is -2.06. The lowest BCUT2D eigenvalue weighted by molar-refractivity contribution is 0.669. The maximum atomic E-state index is 5.97. The van der Waals surface area contributed by atoms with Crippen LogP contribution in [0.1, 0.15) is 0 Å². The van der Waals surface area contributed by atoms with Crippen molar-refractivity contribution in [3.63, 3.8) is 0 Å². The maximum Gasteiger partial charge on any atom is 0.135 e. The molecule has 124 valence electrons. The third kappa shape index (κ3) is 2.63. The van der Waals surface area contributed by atoms with Crippen LogP contribution in [0, 0.1) is 0 Å². The Kier molecular flexibility index (Phi) is 3.65. The zero-order valence-corrected chi connectivity index (χ0v) is 15.5. The first kappa shape index (κ1) is 15.4. The minimum absolute atomic E-state index is 0.915. The third-order valence-electron chi connectivity index (χ3n) is 4.73. The summed E-state index contributed by atoms with van der Waals surface area (Å²) < 4.78 is 7.03. The molecule has 5 aromatic rings. The first-order valence-electron chi connectivity index (χ1n) is 8.56. The van der Waals surface area contributed by atoms with Gasteiger partial charge in [-0.1, -0.05) is 70.5 Å².